The quantitative estimate of drug-likeness (QED) is 0.173. The molecule has 6 nitrogen and oxygen atoms in total. The summed E-state index contributed by atoms with van der Waals surface area (Å²) in [5.74, 6) is 1.33. The molecule has 2 N–H and O–H groups in total. The molecule has 1 saturated heterocycles. The van der Waals surface area contributed by atoms with E-state index in [4.69, 9.17) is 21.3 Å². The number of aromatic nitrogens is 2. The molecule has 0 saturated carbocycles. The number of fused-ring (bicyclic) bond motifs is 1. The summed E-state index contributed by atoms with van der Waals surface area (Å²) < 4.78 is 5.87. The summed E-state index contributed by atoms with van der Waals surface area (Å²) >= 11 is 5.96. The molecule has 0 radical (unpaired) electrons. The number of carbonyl (C=O) groups is 1. The molecule has 7 heteroatoms. The van der Waals surface area contributed by atoms with Crippen molar-refractivity contribution in [2.45, 2.75) is 58.5 Å². The SMILES string of the molecule is Cc1c(CCCC2CCN(CCC(Cc3ccccc3)C(=O)O)CC2)ccc2[nH]c(COc3ccc(Cl)cc3)nc12. The Labute approximate surface area is 247 Å². The largest absolute Gasteiger partial charge is 0.486 e. The molecule has 0 aliphatic carbocycles. The molecule has 41 heavy (non-hydrogen) atoms. The molecule has 3 aromatic carbocycles. The van der Waals surface area contributed by atoms with Crippen molar-refractivity contribution < 1.29 is 14.6 Å². The lowest BCUT2D eigenvalue weighted by Crippen LogP contribution is -2.36. The molecule has 1 aliphatic heterocycles. The van der Waals surface area contributed by atoms with E-state index in [1.165, 1.54) is 36.8 Å². The molecule has 1 unspecified atom stereocenters. The molecule has 5 rings (SSSR count). The first-order chi connectivity index (χ1) is 19.9. The van der Waals surface area contributed by atoms with Crippen molar-refractivity contribution in [3.8, 4) is 5.75 Å². The summed E-state index contributed by atoms with van der Waals surface area (Å²) in [5, 5.41) is 10.4. The number of hydrogen-bond donors (Lipinski definition) is 2. The highest BCUT2D eigenvalue weighted by molar-refractivity contribution is 6.30. The molecular formula is C34H40ClN3O3. The first kappa shape index (κ1) is 29.2. The Bertz CT molecular complexity index is 1410. The third-order valence-electron chi connectivity index (χ3n) is 8.49. The summed E-state index contributed by atoms with van der Waals surface area (Å²) in [6, 6.07) is 21.7. The van der Waals surface area contributed by atoms with Gasteiger partial charge in [-0.2, -0.15) is 0 Å². The number of nitrogens with zero attached hydrogens (tertiary/aromatic N) is 2. The van der Waals surface area contributed by atoms with Crippen LogP contribution in [0.3, 0.4) is 0 Å². The smallest absolute Gasteiger partial charge is 0.306 e. The first-order valence-electron chi connectivity index (χ1n) is 14.8. The number of hydrogen-bond acceptors (Lipinski definition) is 4. The van der Waals surface area contributed by atoms with Crippen LogP contribution in [0.15, 0.2) is 66.7 Å². The van der Waals surface area contributed by atoms with Crippen LogP contribution in [0, 0.1) is 18.8 Å². The Morgan fingerprint density at radius 3 is 2.59 bits per heavy atom. The highest BCUT2D eigenvalue weighted by atomic mass is 35.5. The van der Waals surface area contributed by atoms with E-state index >= 15 is 0 Å². The molecule has 1 atom stereocenters. The fraction of sp³-hybridized carbons (Fsp3) is 0.412. The number of halogens is 1. The van der Waals surface area contributed by atoms with Crippen LogP contribution in [0.25, 0.3) is 11.0 Å². The Hall–Kier alpha value is -3.35. The fourth-order valence-electron chi connectivity index (χ4n) is 5.96. The zero-order valence-electron chi connectivity index (χ0n) is 23.8. The summed E-state index contributed by atoms with van der Waals surface area (Å²) in [4.78, 5) is 22.5. The lowest BCUT2D eigenvalue weighted by atomic mass is 9.89. The van der Waals surface area contributed by atoms with Crippen molar-refractivity contribution in [1.82, 2.24) is 14.9 Å². The van der Waals surface area contributed by atoms with Crippen LogP contribution in [-0.2, 0) is 24.2 Å². The first-order valence-corrected chi connectivity index (χ1v) is 15.2. The Morgan fingerprint density at radius 2 is 1.85 bits per heavy atom. The minimum absolute atomic E-state index is 0.322. The van der Waals surface area contributed by atoms with Crippen molar-refractivity contribution in [3.05, 3.63) is 94.3 Å². The maximum absolute atomic E-state index is 11.8. The molecule has 1 fully saturated rings. The van der Waals surface area contributed by atoms with Gasteiger partial charge in [0.1, 0.15) is 18.2 Å². The molecule has 1 aromatic heterocycles. The number of imidazole rings is 1. The molecule has 2 heterocycles. The number of carboxylic acids is 1. The van der Waals surface area contributed by atoms with Crippen LogP contribution >= 0.6 is 11.6 Å². The highest BCUT2D eigenvalue weighted by Crippen LogP contribution is 2.26. The molecule has 1 aliphatic rings. The van der Waals surface area contributed by atoms with Crippen LogP contribution in [0.4, 0.5) is 0 Å². The molecular weight excluding hydrogens is 534 g/mol. The number of rotatable bonds is 13. The number of nitrogens with one attached hydrogen (secondary N) is 1. The summed E-state index contributed by atoms with van der Waals surface area (Å²) in [5.41, 5.74) is 5.78. The third-order valence-corrected chi connectivity index (χ3v) is 8.74. The topological polar surface area (TPSA) is 78.5 Å². The van der Waals surface area contributed by atoms with Gasteiger partial charge in [0.2, 0.25) is 0 Å². The maximum Gasteiger partial charge on any atom is 0.306 e. The summed E-state index contributed by atoms with van der Waals surface area (Å²) in [6.07, 6.45) is 7.18. The normalized spacial score (nSPS) is 15.3. The predicted octanol–water partition coefficient (Wildman–Crippen LogP) is 7.47. The van der Waals surface area contributed by atoms with Gasteiger partial charge in [-0.3, -0.25) is 4.79 Å². The Kier molecular flexibility index (Phi) is 9.97. The van der Waals surface area contributed by atoms with Crippen LogP contribution in [0.2, 0.25) is 5.02 Å². The van der Waals surface area contributed by atoms with Gasteiger partial charge in [0.15, 0.2) is 0 Å². The molecule has 4 aromatic rings. The standard InChI is InChI=1S/C34H40ClN3O3/c1-24-27(10-15-31-33(24)37-32(36-31)23-41-30-13-11-29(35)12-14-30)9-5-8-25-16-19-38(20-17-25)21-18-28(34(39)40)22-26-6-3-2-4-7-26/h2-4,6-7,10-15,25,28H,5,8-9,16-23H2,1H3,(H,36,37)(H,39,40). The second-order valence-electron chi connectivity index (χ2n) is 11.4. The van der Waals surface area contributed by atoms with Gasteiger partial charge in [0, 0.05) is 5.02 Å². The second-order valence-corrected chi connectivity index (χ2v) is 11.8. The van der Waals surface area contributed by atoms with E-state index in [2.05, 4.69) is 28.9 Å². The van der Waals surface area contributed by atoms with Crippen LogP contribution in [0.1, 0.15) is 54.6 Å². The summed E-state index contributed by atoms with van der Waals surface area (Å²) in [6.45, 7) is 5.56. The van der Waals surface area contributed by atoms with Crippen LogP contribution in [0.5, 0.6) is 5.75 Å². The van der Waals surface area contributed by atoms with Crippen molar-refractivity contribution in [2.75, 3.05) is 19.6 Å². The maximum atomic E-state index is 11.8. The number of H-pyrrole nitrogens is 1. The van der Waals surface area contributed by atoms with Gasteiger partial charge in [0.05, 0.1) is 17.0 Å². The number of aryl methyl sites for hydroxylation is 2. The van der Waals surface area contributed by atoms with Crippen molar-refractivity contribution in [2.24, 2.45) is 11.8 Å². The molecule has 0 amide bonds. The van der Waals surface area contributed by atoms with E-state index in [0.717, 1.165) is 60.1 Å². The number of benzene rings is 3. The lowest BCUT2D eigenvalue weighted by Gasteiger charge is -2.32. The minimum Gasteiger partial charge on any atom is -0.486 e. The predicted molar refractivity (Wildman–Crippen MR) is 165 cm³/mol. The Morgan fingerprint density at radius 1 is 1.10 bits per heavy atom. The van der Waals surface area contributed by atoms with E-state index in [9.17, 15) is 9.90 Å². The zero-order chi connectivity index (χ0) is 28.6. The number of piperidine rings is 1. The minimum atomic E-state index is -0.686. The molecule has 0 bridgehead atoms. The number of likely N-dealkylation sites (tertiary alicyclic amines) is 1. The molecule has 0 spiro atoms. The van der Waals surface area contributed by atoms with Crippen molar-refractivity contribution in [3.63, 3.8) is 0 Å². The number of aromatic amines is 1. The fourth-order valence-corrected chi connectivity index (χ4v) is 6.08. The van der Waals surface area contributed by atoms with Crippen LogP contribution < -0.4 is 4.74 Å². The number of aliphatic carboxylic acids is 1. The van der Waals surface area contributed by atoms with Gasteiger partial charge in [-0.1, -0.05) is 54.4 Å². The summed E-state index contributed by atoms with van der Waals surface area (Å²) in [7, 11) is 0. The lowest BCUT2D eigenvalue weighted by molar-refractivity contribution is -0.142. The third kappa shape index (κ3) is 8.11. The molecule has 216 valence electrons. The Balaban J connectivity index is 1.04. The number of carboxylic acid groups (broad SMARTS) is 1. The highest BCUT2D eigenvalue weighted by Gasteiger charge is 2.23. The zero-order valence-corrected chi connectivity index (χ0v) is 24.6. The average molecular weight is 574 g/mol. The van der Waals surface area contributed by atoms with E-state index in [1.807, 2.05) is 54.6 Å². The van der Waals surface area contributed by atoms with Gasteiger partial charge in [-0.15, -0.1) is 0 Å². The van der Waals surface area contributed by atoms with E-state index < -0.39 is 5.97 Å². The van der Waals surface area contributed by atoms with Gasteiger partial charge in [-0.25, -0.2) is 4.98 Å². The van der Waals surface area contributed by atoms with Crippen LogP contribution in [-0.4, -0.2) is 45.6 Å². The van der Waals surface area contributed by atoms with Crippen molar-refractivity contribution in [1.29, 1.82) is 0 Å². The van der Waals surface area contributed by atoms with E-state index in [1.54, 1.807) is 0 Å². The van der Waals surface area contributed by atoms with Gasteiger partial charge >= 0.3 is 5.97 Å². The monoisotopic (exact) mass is 573 g/mol. The second kappa shape index (κ2) is 14.0. The van der Waals surface area contributed by atoms with Gasteiger partial charge in [0.25, 0.3) is 0 Å². The van der Waals surface area contributed by atoms with E-state index in [0.29, 0.717) is 24.5 Å². The van der Waals surface area contributed by atoms with Gasteiger partial charge in [-0.05, 0) is 118 Å². The van der Waals surface area contributed by atoms with Gasteiger partial charge < -0.3 is 19.7 Å². The van der Waals surface area contributed by atoms with E-state index in [-0.39, 0.29) is 5.92 Å². The number of ether oxygens (including phenoxy) is 1. The average Bonchev–Trinajstić information content (AvgIpc) is 3.41. The van der Waals surface area contributed by atoms with Crippen molar-refractivity contribution >= 4 is 28.6 Å².